The summed E-state index contributed by atoms with van der Waals surface area (Å²) in [7, 11) is 0. The summed E-state index contributed by atoms with van der Waals surface area (Å²) in [5.74, 6) is -2.65. The maximum atomic E-state index is 12.1. The number of anilines is 2. The van der Waals surface area contributed by atoms with E-state index in [0.29, 0.717) is 0 Å². The number of hydrogen-bond acceptors (Lipinski definition) is 4. The van der Waals surface area contributed by atoms with Crippen LogP contribution in [0.5, 0.6) is 0 Å². The van der Waals surface area contributed by atoms with E-state index in [2.05, 4.69) is 10.6 Å². The first-order valence-electron chi connectivity index (χ1n) is 7.12. The van der Waals surface area contributed by atoms with E-state index < -0.39 is 29.7 Å². The number of alkyl halides is 3. The molecule has 0 aliphatic heterocycles. The van der Waals surface area contributed by atoms with E-state index in [-0.39, 0.29) is 17.9 Å². The Hall–Kier alpha value is -2.78. The summed E-state index contributed by atoms with van der Waals surface area (Å²) >= 11 is 0. The van der Waals surface area contributed by atoms with Gasteiger partial charge in [-0.05, 0) is 45.0 Å². The van der Waals surface area contributed by atoms with Gasteiger partial charge in [0.15, 0.2) is 0 Å². The highest BCUT2D eigenvalue weighted by Gasteiger charge is 2.38. The number of rotatable bonds is 4. The van der Waals surface area contributed by atoms with Crippen molar-refractivity contribution < 1.29 is 32.3 Å². The number of carbonyl (C=O) groups excluding carboxylic acids is 3. The van der Waals surface area contributed by atoms with Crippen LogP contribution in [0.25, 0.3) is 0 Å². The molecule has 0 radical (unpaired) electrons. The zero-order chi connectivity index (χ0) is 19.3. The molecule has 0 aliphatic carbocycles. The lowest BCUT2D eigenvalue weighted by Crippen LogP contribution is -2.37. The minimum absolute atomic E-state index is 0.0767. The number of nitrogens with one attached hydrogen (secondary N) is 3. The molecule has 10 heteroatoms. The predicted molar refractivity (Wildman–Crippen MR) is 84.0 cm³/mol. The number of halogens is 3. The molecular weight excluding hydrogens is 343 g/mol. The van der Waals surface area contributed by atoms with Crippen LogP contribution in [0, 0.1) is 0 Å². The van der Waals surface area contributed by atoms with Gasteiger partial charge in [-0.1, -0.05) is 0 Å². The van der Waals surface area contributed by atoms with E-state index in [1.54, 1.807) is 26.1 Å². The van der Waals surface area contributed by atoms with Crippen molar-refractivity contribution in [3.63, 3.8) is 0 Å². The summed E-state index contributed by atoms with van der Waals surface area (Å²) < 4.78 is 41.3. The quantitative estimate of drug-likeness (QED) is 0.768. The molecule has 0 atom stereocenters. The van der Waals surface area contributed by atoms with E-state index in [0.717, 1.165) is 0 Å². The van der Waals surface area contributed by atoms with Crippen LogP contribution in [0.15, 0.2) is 24.3 Å². The van der Waals surface area contributed by atoms with Gasteiger partial charge in [0.25, 0.3) is 0 Å². The number of alkyl carbamates (subject to hydrolysis) is 1. The Morgan fingerprint density at radius 2 is 1.44 bits per heavy atom. The molecule has 1 rings (SSSR count). The number of ether oxygens (including phenoxy) is 1. The van der Waals surface area contributed by atoms with Gasteiger partial charge in [-0.3, -0.25) is 9.59 Å². The van der Waals surface area contributed by atoms with Crippen LogP contribution in [0.4, 0.5) is 29.3 Å². The Labute approximate surface area is 141 Å². The van der Waals surface area contributed by atoms with Crippen LogP contribution in [0.2, 0.25) is 0 Å². The van der Waals surface area contributed by atoms with Crippen LogP contribution >= 0.6 is 0 Å². The normalized spacial score (nSPS) is 11.4. The summed E-state index contributed by atoms with van der Waals surface area (Å²) in [6, 6.07) is 5.00. The first-order chi connectivity index (χ1) is 11.4. The van der Waals surface area contributed by atoms with Crippen molar-refractivity contribution in [1.82, 2.24) is 5.32 Å². The summed E-state index contributed by atoms with van der Waals surface area (Å²) in [4.78, 5) is 33.9. The molecule has 0 saturated heterocycles. The zero-order valence-electron chi connectivity index (χ0n) is 13.8. The zero-order valence-corrected chi connectivity index (χ0v) is 13.8. The second-order valence-electron chi connectivity index (χ2n) is 5.93. The second kappa shape index (κ2) is 7.86. The summed E-state index contributed by atoms with van der Waals surface area (Å²) in [6.07, 6.45) is -5.74. The van der Waals surface area contributed by atoms with Gasteiger partial charge < -0.3 is 20.7 Å². The van der Waals surface area contributed by atoms with Crippen molar-refractivity contribution in [2.75, 3.05) is 17.2 Å². The fourth-order valence-corrected chi connectivity index (χ4v) is 1.51. The Morgan fingerprint density at radius 3 is 1.88 bits per heavy atom. The molecule has 138 valence electrons. The second-order valence-corrected chi connectivity index (χ2v) is 5.93. The molecule has 0 heterocycles. The van der Waals surface area contributed by atoms with Crippen molar-refractivity contribution in [2.24, 2.45) is 0 Å². The monoisotopic (exact) mass is 361 g/mol. The van der Waals surface area contributed by atoms with Crippen LogP contribution in [0.1, 0.15) is 20.8 Å². The van der Waals surface area contributed by atoms with Gasteiger partial charge in [0.2, 0.25) is 5.91 Å². The lowest BCUT2D eigenvalue weighted by atomic mass is 10.2. The summed E-state index contributed by atoms with van der Waals surface area (Å²) in [6.45, 7) is 4.67. The van der Waals surface area contributed by atoms with Crippen LogP contribution in [0.3, 0.4) is 0 Å². The summed E-state index contributed by atoms with van der Waals surface area (Å²) in [5.41, 5.74) is -0.495. The van der Waals surface area contributed by atoms with E-state index in [1.807, 2.05) is 0 Å². The summed E-state index contributed by atoms with van der Waals surface area (Å²) in [5, 5.41) is 6.36. The molecule has 0 saturated carbocycles. The van der Waals surface area contributed by atoms with Crippen LogP contribution in [-0.4, -0.2) is 36.2 Å². The number of hydrogen-bond donors (Lipinski definition) is 3. The van der Waals surface area contributed by atoms with Crippen LogP contribution < -0.4 is 16.0 Å². The Bertz CT molecular complexity index is 637. The van der Waals surface area contributed by atoms with Gasteiger partial charge in [0.05, 0.1) is 0 Å². The Morgan fingerprint density at radius 1 is 0.960 bits per heavy atom. The maximum absolute atomic E-state index is 12.1. The Kier molecular flexibility index (Phi) is 6.37. The fourth-order valence-electron chi connectivity index (χ4n) is 1.51. The van der Waals surface area contributed by atoms with Crippen molar-refractivity contribution in [3.05, 3.63) is 24.3 Å². The molecule has 0 aromatic heterocycles. The highest BCUT2D eigenvalue weighted by molar-refractivity contribution is 5.96. The highest BCUT2D eigenvalue weighted by Crippen LogP contribution is 2.19. The average Bonchev–Trinajstić information content (AvgIpc) is 2.44. The van der Waals surface area contributed by atoms with E-state index in [9.17, 15) is 27.6 Å². The third kappa shape index (κ3) is 8.04. The van der Waals surface area contributed by atoms with E-state index in [1.165, 1.54) is 24.3 Å². The van der Waals surface area contributed by atoms with Gasteiger partial charge in [-0.25, -0.2) is 4.79 Å². The standard InChI is InChI=1S/C15H18F3N3O4/c1-14(2,3)25-13(24)19-8-11(22)20-9-4-6-10(7-5-9)21-12(23)15(16,17)18/h4-7H,8H2,1-3H3,(H,19,24)(H,20,22)(H,21,23). The predicted octanol–water partition coefficient (Wildman–Crippen LogP) is 2.65. The first kappa shape index (κ1) is 20.3. The van der Waals surface area contributed by atoms with Gasteiger partial charge in [-0.2, -0.15) is 13.2 Å². The van der Waals surface area contributed by atoms with E-state index in [4.69, 9.17) is 4.74 Å². The third-order valence-electron chi connectivity index (χ3n) is 2.48. The fraction of sp³-hybridized carbons (Fsp3) is 0.400. The number of amides is 3. The maximum Gasteiger partial charge on any atom is 0.471 e. The lowest BCUT2D eigenvalue weighted by molar-refractivity contribution is -0.167. The minimum atomic E-state index is -4.99. The molecule has 0 aliphatic rings. The molecule has 1 aromatic carbocycles. The molecule has 0 fully saturated rings. The first-order valence-corrected chi connectivity index (χ1v) is 7.12. The van der Waals surface area contributed by atoms with E-state index >= 15 is 0 Å². The largest absolute Gasteiger partial charge is 0.471 e. The lowest BCUT2D eigenvalue weighted by Gasteiger charge is -2.19. The Balaban J connectivity index is 2.48. The van der Waals surface area contributed by atoms with Crippen molar-refractivity contribution in [3.8, 4) is 0 Å². The van der Waals surface area contributed by atoms with Gasteiger partial charge in [0.1, 0.15) is 12.1 Å². The van der Waals surface area contributed by atoms with Crippen LogP contribution in [-0.2, 0) is 14.3 Å². The third-order valence-corrected chi connectivity index (χ3v) is 2.48. The topological polar surface area (TPSA) is 96.5 Å². The molecule has 3 N–H and O–H groups in total. The highest BCUT2D eigenvalue weighted by atomic mass is 19.4. The van der Waals surface area contributed by atoms with Crippen molar-refractivity contribution >= 4 is 29.3 Å². The average molecular weight is 361 g/mol. The smallest absolute Gasteiger partial charge is 0.444 e. The molecule has 0 unspecified atom stereocenters. The van der Waals surface area contributed by atoms with Gasteiger partial charge in [0, 0.05) is 11.4 Å². The number of carbonyl (C=O) groups is 3. The molecule has 1 aromatic rings. The van der Waals surface area contributed by atoms with Crippen molar-refractivity contribution in [1.29, 1.82) is 0 Å². The van der Waals surface area contributed by atoms with Gasteiger partial charge >= 0.3 is 18.2 Å². The molecular formula is C15H18F3N3O4. The van der Waals surface area contributed by atoms with Crippen molar-refractivity contribution in [2.45, 2.75) is 32.5 Å². The SMILES string of the molecule is CC(C)(C)OC(=O)NCC(=O)Nc1ccc(NC(=O)C(F)(F)F)cc1. The minimum Gasteiger partial charge on any atom is -0.444 e. The number of benzene rings is 1. The molecule has 3 amide bonds. The van der Waals surface area contributed by atoms with Gasteiger partial charge in [-0.15, -0.1) is 0 Å². The molecule has 7 nitrogen and oxygen atoms in total. The molecule has 0 bridgehead atoms. The molecule has 0 spiro atoms. The molecule has 25 heavy (non-hydrogen) atoms.